The second kappa shape index (κ2) is 8.99. The minimum atomic E-state index is -1.07. The number of para-hydroxylation sites is 2. The molecule has 0 aromatic heterocycles. The maximum atomic E-state index is 11.9. The third-order valence-electron chi connectivity index (χ3n) is 2.88. The Hall–Kier alpha value is -3.28. The van der Waals surface area contributed by atoms with Crippen LogP contribution >= 0.6 is 0 Å². The van der Waals surface area contributed by atoms with Gasteiger partial charge in [0, 0.05) is 17.8 Å². The molecule has 0 saturated heterocycles. The molecule has 2 aromatic carbocycles. The van der Waals surface area contributed by atoms with Crippen LogP contribution in [0.2, 0.25) is 0 Å². The molecule has 6 nitrogen and oxygen atoms in total. The SMILES string of the molecule is C=CCC(OC(=O)Nc1ccccc1)OC(=O)Nc1ccccc1. The van der Waals surface area contributed by atoms with Gasteiger partial charge in [0.1, 0.15) is 0 Å². The van der Waals surface area contributed by atoms with E-state index >= 15 is 0 Å². The summed E-state index contributed by atoms with van der Waals surface area (Å²) >= 11 is 0. The first kappa shape index (κ1) is 17.1. The zero-order valence-electron chi connectivity index (χ0n) is 13.0. The molecular weight excluding hydrogens is 308 g/mol. The van der Waals surface area contributed by atoms with Gasteiger partial charge in [-0.25, -0.2) is 9.59 Å². The largest absolute Gasteiger partial charge is 0.414 e. The van der Waals surface area contributed by atoms with E-state index in [9.17, 15) is 9.59 Å². The quantitative estimate of drug-likeness (QED) is 0.610. The Labute approximate surface area is 140 Å². The number of ether oxygens (including phenoxy) is 2. The maximum absolute atomic E-state index is 11.9. The zero-order valence-corrected chi connectivity index (χ0v) is 13.0. The second-order valence-electron chi connectivity index (χ2n) is 4.75. The molecule has 0 fully saturated rings. The lowest BCUT2D eigenvalue weighted by Crippen LogP contribution is -2.28. The van der Waals surface area contributed by atoms with Crippen LogP contribution in [0, 0.1) is 0 Å². The highest BCUT2D eigenvalue weighted by atomic mass is 16.7. The fourth-order valence-corrected chi connectivity index (χ4v) is 1.83. The summed E-state index contributed by atoms with van der Waals surface area (Å²) in [4.78, 5) is 23.7. The Morgan fingerprint density at radius 1 is 0.875 bits per heavy atom. The van der Waals surface area contributed by atoms with Crippen LogP contribution < -0.4 is 10.6 Å². The van der Waals surface area contributed by atoms with Gasteiger partial charge in [-0.1, -0.05) is 42.5 Å². The summed E-state index contributed by atoms with van der Waals surface area (Å²) in [6.45, 7) is 3.56. The standard InChI is InChI=1S/C18H18N2O4/c1-2-9-16(23-17(21)19-14-10-5-3-6-11-14)24-18(22)20-15-12-7-4-8-13-15/h2-8,10-13,16H,1,9H2,(H,19,21)(H,20,22). The van der Waals surface area contributed by atoms with E-state index < -0.39 is 18.5 Å². The van der Waals surface area contributed by atoms with Crippen LogP contribution in [-0.4, -0.2) is 18.5 Å². The molecule has 2 aromatic rings. The van der Waals surface area contributed by atoms with Crippen molar-refractivity contribution in [1.29, 1.82) is 0 Å². The Bertz CT molecular complexity index is 618. The smallest absolute Gasteiger partial charge is 0.408 e. The Morgan fingerprint density at radius 2 is 1.29 bits per heavy atom. The lowest BCUT2D eigenvalue weighted by Gasteiger charge is -2.17. The van der Waals surface area contributed by atoms with Crippen LogP contribution in [0.15, 0.2) is 73.3 Å². The third-order valence-corrected chi connectivity index (χ3v) is 2.88. The molecular formula is C18H18N2O4. The van der Waals surface area contributed by atoms with Crippen LogP contribution in [0.4, 0.5) is 21.0 Å². The van der Waals surface area contributed by atoms with Crippen molar-refractivity contribution in [2.24, 2.45) is 0 Å². The van der Waals surface area contributed by atoms with Crippen molar-refractivity contribution < 1.29 is 19.1 Å². The van der Waals surface area contributed by atoms with E-state index in [1.165, 1.54) is 6.08 Å². The van der Waals surface area contributed by atoms with Crippen molar-refractivity contribution in [2.45, 2.75) is 12.7 Å². The van der Waals surface area contributed by atoms with Crippen LogP contribution in [-0.2, 0) is 9.47 Å². The Kier molecular flexibility index (Phi) is 6.40. The highest BCUT2D eigenvalue weighted by molar-refractivity contribution is 5.86. The van der Waals surface area contributed by atoms with Crippen molar-refractivity contribution in [3.63, 3.8) is 0 Å². The monoisotopic (exact) mass is 326 g/mol. The molecule has 0 aliphatic rings. The van der Waals surface area contributed by atoms with Gasteiger partial charge in [-0.15, -0.1) is 6.58 Å². The van der Waals surface area contributed by atoms with Gasteiger partial charge in [0.25, 0.3) is 6.29 Å². The van der Waals surface area contributed by atoms with Crippen LogP contribution in [0.3, 0.4) is 0 Å². The van der Waals surface area contributed by atoms with Gasteiger partial charge < -0.3 is 9.47 Å². The van der Waals surface area contributed by atoms with Gasteiger partial charge in [-0.3, -0.25) is 10.6 Å². The minimum Gasteiger partial charge on any atom is -0.408 e. The second-order valence-corrected chi connectivity index (χ2v) is 4.75. The van der Waals surface area contributed by atoms with E-state index in [2.05, 4.69) is 17.2 Å². The number of benzene rings is 2. The Morgan fingerprint density at radius 3 is 1.67 bits per heavy atom. The molecule has 0 atom stereocenters. The Balaban J connectivity index is 1.87. The molecule has 2 rings (SSSR count). The number of anilines is 2. The number of carbonyl (C=O) groups excluding carboxylic acids is 2. The molecule has 0 spiro atoms. The van der Waals surface area contributed by atoms with Gasteiger partial charge >= 0.3 is 12.2 Å². The normalized spacial score (nSPS) is 9.88. The van der Waals surface area contributed by atoms with Gasteiger partial charge in [0.05, 0.1) is 0 Å². The molecule has 2 N–H and O–H groups in total. The molecule has 24 heavy (non-hydrogen) atoms. The summed E-state index contributed by atoms with van der Waals surface area (Å²) < 4.78 is 10.2. The lowest BCUT2D eigenvalue weighted by molar-refractivity contribution is -0.0489. The fraction of sp³-hybridized carbons (Fsp3) is 0.111. The topological polar surface area (TPSA) is 76.7 Å². The predicted octanol–water partition coefficient (Wildman–Crippen LogP) is 4.39. The average Bonchev–Trinajstić information content (AvgIpc) is 2.56. The van der Waals surface area contributed by atoms with Crippen LogP contribution in [0.5, 0.6) is 0 Å². The molecule has 0 radical (unpaired) electrons. The van der Waals surface area contributed by atoms with Crippen LogP contribution in [0.25, 0.3) is 0 Å². The first-order valence-corrected chi connectivity index (χ1v) is 7.33. The van der Waals surface area contributed by atoms with E-state index in [-0.39, 0.29) is 6.42 Å². The zero-order chi connectivity index (χ0) is 17.2. The summed E-state index contributed by atoms with van der Waals surface area (Å²) in [6, 6.07) is 17.6. The van der Waals surface area contributed by atoms with Crippen molar-refractivity contribution in [3.8, 4) is 0 Å². The van der Waals surface area contributed by atoms with E-state index in [0.29, 0.717) is 11.4 Å². The number of rotatable bonds is 6. The molecule has 0 aliphatic heterocycles. The molecule has 0 aliphatic carbocycles. The maximum Gasteiger partial charge on any atom is 0.414 e. The minimum absolute atomic E-state index is 0.171. The summed E-state index contributed by atoms with van der Waals surface area (Å²) in [5.41, 5.74) is 1.15. The number of carbonyl (C=O) groups is 2. The lowest BCUT2D eigenvalue weighted by atomic mass is 10.3. The molecule has 2 amide bonds. The summed E-state index contributed by atoms with van der Waals surface area (Å²) in [5, 5.41) is 5.09. The van der Waals surface area contributed by atoms with Crippen molar-refractivity contribution in [3.05, 3.63) is 73.3 Å². The van der Waals surface area contributed by atoms with Gasteiger partial charge in [0.15, 0.2) is 0 Å². The first-order valence-electron chi connectivity index (χ1n) is 7.33. The highest BCUT2D eigenvalue weighted by Crippen LogP contribution is 2.11. The van der Waals surface area contributed by atoms with Crippen LogP contribution in [0.1, 0.15) is 6.42 Å². The third kappa shape index (κ3) is 5.84. The summed E-state index contributed by atoms with van der Waals surface area (Å²) in [5.74, 6) is 0. The number of hydrogen-bond acceptors (Lipinski definition) is 4. The highest BCUT2D eigenvalue weighted by Gasteiger charge is 2.18. The van der Waals surface area contributed by atoms with E-state index in [1.54, 1.807) is 48.5 Å². The summed E-state index contributed by atoms with van der Waals surface area (Å²) in [7, 11) is 0. The van der Waals surface area contributed by atoms with Crippen molar-refractivity contribution in [1.82, 2.24) is 0 Å². The van der Waals surface area contributed by atoms with E-state index in [4.69, 9.17) is 9.47 Å². The van der Waals surface area contributed by atoms with E-state index in [1.807, 2.05) is 12.1 Å². The van der Waals surface area contributed by atoms with Gasteiger partial charge in [0.2, 0.25) is 0 Å². The first-order chi connectivity index (χ1) is 11.7. The molecule has 6 heteroatoms. The molecule has 0 bridgehead atoms. The van der Waals surface area contributed by atoms with Crippen molar-refractivity contribution in [2.75, 3.05) is 10.6 Å². The average molecular weight is 326 g/mol. The molecule has 124 valence electrons. The van der Waals surface area contributed by atoms with Gasteiger partial charge in [-0.05, 0) is 24.3 Å². The number of hydrogen-bond donors (Lipinski definition) is 2. The van der Waals surface area contributed by atoms with Crippen molar-refractivity contribution >= 4 is 23.6 Å². The molecule has 0 saturated carbocycles. The van der Waals surface area contributed by atoms with E-state index in [0.717, 1.165) is 0 Å². The fourth-order valence-electron chi connectivity index (χ4n) is 1.83. The predicted molar refractivity (Wildman–Crippen MR) is 91.7 cm³/mol. The molecule has 0 heterocycles. The van der Waals surface area contributed by atoms with Gasteiger partial charge in [-0.2, -0.15) is 0 Å². The summed E-state index contributed by atoms with van der Waals surface area (Å²) in [6.07, 6.45) is -0.850. The number of nitrogens with one attached hydrogen (secondary N) is 2. The number of amides is 2. The molecule has 0 unspecified atom stereocenters.